The van der Waals surface area contributed by atoms with Gasteiger partial charge in [-0.3, -0.25) is 4.68 Å². The monoisotopic (exact) mass is 461 g/mol. The molecular formula is C17H25FIN5O. The van der Waals surface area contributed by atoms with E-state index in [-0.39, 0.29) is 35.9 Å². The van der Waals surface area contributed by atoms with Crippen LogP contribution in [0.5, 0.6) is 5.75 Å². The number of aliphatic imine (C=N–C) groups is 1. The van der Waals surface area contributed by atoms with Gasteiger partial charge in [0.05, 0.1) is 13.1 Å². The summed E-state index contributed by atoms with van der Waals surface area (Å²) in [6.45, 7) is 6.62. The predicted molar refractivity (Wildman–Crippen MR) is 108 cm³/mol. The zero-order valence-electron chi connectivity index (χ0n) is 14.5. The van der Waals surface area contributed by atoms with Gasteiger partial charge in [-0.15, -0.1) is 24.0 Å². The van der Waals surface area contributed by atoms with Crippen LogP contribution in [-0.4, -0.2) is 41.5 Å². The van der Waals surface area contributed by atoms with Crippen molar-refractivity contribution in [3.05, 3.63) is 48.5 Å². The lowest BCUT2D eigenvalue weighted by atomic mass is 10.3. The normalized spacial score (nSPS) is 12.2. The largest absolute Gasteiger partial charge is 0.489 e. The molecule has 0 fully saturated rings. The summed E-state index contributed by atoms with van der Waals surface area (Å²) in [7, 11) is 0. The standard InChI is InChI=1S/C17H24FN5O.HI/c1-3-19-17(20-9-11-23-10-5-8-22-23)21-13-14(2)24-16-7-4-6-15(18)12-16;/h4-8,10,12,14H,3,9,11,13H2,1-2H3,(H2,19,20,21);1H. The van der Waals surface area contributed by atoms with Crippen LogP contribution in [0.3, 0.4) is 0 Å². The summed E-state index contributed by atoms with van der Waals surface area (Å²) in [4.78, 5) is 4.50. The zero-order chi connectivity index (χ0) is 17.2. The summed E-state index contributed by atoms with van der Waals surface area (Å²) in [5.41, 5.74) is 0. The minimum atomic E-state index is -0.308. The number of halogens is 2. The van der Waals surface area contributed by atoms with Crippen molar-refractivity contribution in [1.29, 1.82) is 0 Å². The minimum Gasteiger partial charge on any atom is -0.489 e. The maximum absolute atomic E-state index is 13.2. The molecule has 138 valence electrons. The van der Waals surface area contributed by atoms with E-state index in [1.54, 1.807) is 18.3 Å². The van der Waals surface area contributed by atoms with E-state index in [0.717, 1.165) is 19.0 Å². The number of hydrogen-bond acceptors (Lipinski definition) is 3. The molecule has 1 aromatic carbocycles. The second kappa shape index (κ2) is 11.7. The van der Waals surface area contributed by atoms with Crippen LogP contribution in [0.15, 0.2) is 47.7 Å². The summed E-state index contributed by atoms with van der Waals surface area (Å²) in [5.74, 6) is 0.922. The third kappa shape index (κ3) is 8.19. The van der Waals surface area contributed by atoms with Crippen molar-refractivity contribution < 1.29 is 9.13 Å². The second-order valence-electron chi connectivity index (χ2n) is 5.30. The first-order valence-electron chi connectivity index (χ1n) is 8.09. The number of aromatic nitrogens is 2. The Hall–Kier alpha value is -1.84. The molecule has 0 saturated heterocycles. The lowest BCUT2D eigenvalue weighted by Gasteiger charge is -2.15. The first-order chi connectivity index (χ1) is 11.7. The summed E-state index contributed by atoms with van der Waals surface area (Å²) >= 11 is 0. The highest BCUT2D eigenvalue weighted by Gasteiger charge is 2.05. The number of ether oxygens (including phenoxy) is 1. The van der Waals surface area contributed by atoms with Crippen molar-refractivity contribution >= 4 is 29.9 Å². The van der Waals surface area contributed by atoms with Crippen LogP contribution in [-0.2, 0) is 6.54 Å². The Morgan fingerprint density at radius 2 is 2.20 bits per heavy atom. The number of guanidine groups is 1. The molecule has 2 aromatic rings. The lowest BCUT2D eigenvalue weighted by Crippen LogP contribution is -2.39. The van der Waals surface area contributed by atoms with Crippen LogP contribution < -0.4 is 15.4 Å². The van der Waals surface area contributed by atoms with Crippen molar-refractivity contribution in [1.82, 2.24) is 20.4 Å². The first kappa shape index (κ1) is 21.2. The van der Waals surface area contributed by atoms with Crippen LogP contribution in [0.25, 0.3) is 0 Å². The number of rotatable bonds is 8. The molecule has 2 rings (SSSR count). The van der Waals surface area contributed by atoms with Gasteiger partial charge in [0.2, 0.25) is 0 Å². The summed E-state index contributed by atoms with van der Waals surface area (Å²) in [6.07, 6.45) is 3.51. The van der Waals surface area contributed by atoms with Gasteiger partial charge in [0.25, 0.3) is 0 Å². The molecule has 2 N–H and O–H groups in total. The Morgan fingerprint density at radius 3 is 2.88 bits per heavy atom. The zero-order valence-corrected chi connectivity index (χ0v) is 16.8. The van der Waals surface area contributed by atoms with Gasteiger partial charge in [0, 0.05) is 31.5 Å². The summed E-state index contributed by atoms with van der Waals surface area (Å²) in [5, 5.41) is 10.6. The van der Waals surface area contributed by atoms with Gasteiger partial charge < -0.3 is 15.4 Å². The van der Waals surface area contributed by atoms with Crippen LogP contribution in [0.2, 0.25) is 0 Å². The molecule has 0 aliphatic rings. The Labute approximate surface area is 164 Å². The van der Waals surface area contributed by atoms with E-state index >= 15 is 0 Å². The fourth-order valence-corrected chi connectivity index (χ4v) is 2.09. The third-order valence-corrected chi connectivity index (χ3v) is 3.18. The molecule has 0 radical (unpaired) electrons. The molecule has 0 saturated carbocycles. The van der Waals surface area contributed by atoms with Gasteiger partial charge >= 0.3 is 0 Å². The SMILES string of the molecule is CCNC(=NCC(C)Oc1cccc(F)c1)NCCn1cccn1.I. The summed E-state index contributed by atoms with van der Waals surface area (Å²) in [6, 6.07) is 8.01. The fourth-order valence-electron chi connectivity index (χ4n) is 2.09. The Bertz CT molecular complexity index is 636. The van der Waals surface area contributed by atoms with Crippen LogP contribution in [0, 0.1) is 5.82 Å². The molecule has 25 heavy (non-hydrogen) atoms. The molecule has 1 aromatic heterocycles. The van der Waals surface area contributed by atoms with Crippen LogP contribution in [0.4, 0.5) is 4.39 Å². The van der Waals surface area contributed by atoms with Crippen molar-refractivity contribution in [2.45, 2.75) is 26.5 Å². The van der Waals surface area contributed by atoms with E-state index in [2.05, 4.69) is 20.7 Å². The molecule has 0 amide bonds. The van der Waals surface area contributed by atoms with Gasteiger partial charge in [0.1, 0.15) is 17.7 Å². The molecule has 1 heterocycles. The molecule has 0 aliphatic heterocycles. The first-order valence-corrected chi connectivity index (χ1v) is 8.09. The van der Waals surface area contributed by atoms with Crippen molar-refractivity contribution in [2.24, 2.45) is 4.99 Å². The molecular weight excluding hydrogens is 436 g/mol. The molecule has 6 nitrogen and oxygen atoms in total. The Balaban J connectivity index is 0.00000312. The predicted octanol–water partition coefficient (Wildman–Crippen LogP) is 2.66. The number of hydrogen-bond donors (Lipinski definition) is 2. The summed E-state index contributed by atoms with van der Waals surface area (Å²) < 4.78 is 20.7. The average molecular weight is 461 g/mol. The minimum absolute atomic E-state index is 0. The van der Waals surface area contributed by atoms with Crippen LogP contribution in [0.1, 0.15) is 13.8 Å². The fraction of sp³-hybridized carbons (Fsp3) is 0.412. The van der Waals surface area contributed by atoms with Gasteiger partial charge in [-0.1, -0.05) is 6.07 Å². The maximum atomic E-state index is 13.2. The lowest BCUT2D eigenvalue weighted by molar-refractivity contribution is 0.229. The Morgan fingerprint density at radius 1 is 1.36 bits per heavy atom. The van der Waals surface area contributed by atoms with E-state index in [1.165, 1.54) is 12.1 Å². The molecule has 8 heteroatoms. The van der Waals surface area contributed by atoms with Crippen LogP contribution >= 0.6 is 24.0 Å². The van der Waals surface area contributed by atoms with Gasteiger partial charge in [-0.25, -0.2) is 9.38 Å². The third-order valence-electron chi connectivity index (χ3n) is 3.18. The average Bonchev–Trinajstić information content (AvgIpc) is 3.06. The number of nitrogens with zero attached hydrogens (tertiary/aromatic N) is 3. The Kier molecular flexibility index (Phi) is 9.90. The molecule has 1 atom stereocenters. The van der Waals surface area contributed by atoms with Crippen molar-refractivity contribution in [3.8, 4) is 5.75 Å². The topological polar surface area (TPSA) is 63.5 Å². The van der Waals surface area contributed by atoms with Gasteiger partial charge in [0.15, 0.2) is 5.96 Å². The molecule has 1 unspecified atom stereocenters. The van der Waals surface area contributed by atoms with E-state index < -0.39 is 0 Å². The second-order valence-corrected chi connectivity index (χ2v) is 5.30. The highest BCUT2D eigenvalue weighted by molar-refractivity contribution is 14.0. The molecule has 0 spiro atoms. The maximum Gasteiger partial charge on any atom is 0.191 e. The van der Waals surface area contributed by atoms with E-state index in [0.29, 0.717) is 18.8 Å². The quantitative estimate of drug-likeness (QED) is 0.361. The smallest absolute Gasteiger partial charge is 0.191 e. The van der Waals surface area contributed by atoms with E-state index in [4.69, 9.17) is 4.74 Å². The van der Waals surface area contributed by atoms with E-state index in [9.17, 15) is 4.39 Å². The van der Waals surface area contributed by atoms with Gasteiger partial charge in [-0.2, -0.15) is 5.10 Å². The molecule has 0 bridgehead atoms. The highest BCUT2D eigenvalue weighted by atomic mass is 127. The van der Waals surface area contributed by atoms with E-state index in [1.807, 2.05) is 30.8 Å². The van der Waals surface area contributed by atoms with Crippen molar-refractivity contribution in [2.75, 3.05) is 19.6 Å². The number of benzene rings is 1. The van der Waals surface area contributed by atoms with Gasteiger partial charge in [-0.05, 0) is 32.0 Å². The highest BCUT2D eigenvalue weighted by Crippen LogP contribution is 2.13. The number of nitrogens with one attached hydrogen (secondary N) is 2. The van der Waals surface area contributed by atoms with Crippen molar-refractivity contribution in [3.63, 3.8) is 0 Å². The molecule has 0 aliphatic carbocycles.